The Morgan fingerprint density at radius 2 is 1.61 bits per heavy atom. The monoisotopic (exact) mass is 251 g/mol. The third-order valence-electron chi connectivity index (χ3n) is 3.42. The lowest BCUT2D eigenvalue weighted by atomic mass is 10.0. The molecule has 1 saturated carbocycles. The van der Waals surface area contributed by atoms with Crippen LogP contribution in [0.4, 0.5) is 0 Å². The summed E-state index contributed by atoms with van der Waals surface area (Å²) in [5.74, 6) is 2.90. The van der Waals surface area contributed by atoms with Crippen molar-refractivity contribution in [3.63, 3.8) is 0 Å². The van der Waals surface area contributed by atoms with E-state index < -0.39 is 0 Å². The van der Waals surface area contributed by atoms with Crippen molar-refractivity contribution in [2.24, 2.45) is 11.7 Å². The Bertz CT molecular complexity index is 416. The Balaban J connectivity index is 2.30. The second-order valence-corrected chi connectivity index (χ2v) is 4.73. The number of hydrogen-bond acceptors (Lipinski definition) is 4. The summed E-state index contributed by atoms with van der Waals surface area (Å²) in [4.78, 5) is 0. The van der Waals surface area contributed by atoms with Crippen LogP contribution in [0.3, 0.4) is 0 Å². The zero-order chi connectivity index (χ0) is 13.1. The largest absolute Gasteiger partial charge is 0.496 e. The lowest BCUT2D eigenvalue weighted by Gasteiger charge is -2.18. The summed E-state index contributed by atoms with van der Waals surface area (Å²) in [5, 5.41) is 0. The van der Waals surface area contributed by atoms with E-state index in [2.05, 4.69) is 0 Å². The van der Waals surface area contributed by atoms with Crippen molar-refractivity contribution in [1.82, 2.24) is 0 Å². The minimum Gasteiger partial charge on any atom is -0.496 e. The van der Waals surface area contributed by atoms with Crippen molar-refractivity contribution in [2.45, 2.75) is 25.3 Å². The second kappa shape index (κ2) is 5.48. The summed E-state index contributed by atoms with van der Waals surface area (Å²) in [7, 11) is 4.89. The first-order chi connectivity index (χ1) is 8.69. The highest BCUT2D eigenvalue weighted by atomic mass is 16.5. The average Bonchev–Trinajstić information content (AvgIpc) is 3.20. The molecular formula is C14H21NO3. The third kappa shape index (κ3) is 2.70. The van der Waals surface area contributed by atoms with Gasteiger partial charge >= 0.3 is 0 Å². The topological polar surface area (TPSA) is 53.7 Å². The molecule has 0 saturated heterocycles. The maximum absolute atomic E-state index is 6.25. The highest BCUT2D eigenvalue weighted by Gasteiger charge is 2.26. The smallest absolute Gasteiger partial charge is 0.164 e. The minimum absolute atomic E-state index is 0.00717. The van der Waals surface area contributed by atoms with E-state index in [1.807, 2.05) is 12.1 Å². The highest BCUT2D eigenvalue weighted by molar-refractivity contribution is 5.51. The molecular weight excluding hydrogens is 230 g/mol. The summed E-state index contributed by atoms with van der Waals surface area (Å²) < 4.78 is 16.0. The summed E-state index contributed by atoms with van der Waals surface area (Å²) in [6.45, 7) is 0. The fourth-order valence-corrected chi connectivity index (χ4v) is 2.18. The van der Waals surface area contributed by atoms with Gasteiger partial charge in [0.05, 0.1) is 21.3 Å². The minimum atomic E-state index is -0.00717. The summed E-state index contributed by atoms with van der Waals surface area (Å²) in [5.41, 5.74) is 7.24. The van der Waals surface area contributed by atoms with Crippen LogP contribution in [0.5, 0.6) is 17.2 Å². The van der Waals surface area contributed by atoms with Gasteiger partial charge in [0.2, 0.25) is 0 Å². The quantitative estimate of drug-likeness (QED) is 0.844. The van der Waals surface area contributed by atoms with Crippen LogP contribution >= 0.6 is 0 Å². The number of methoxy groups -OCH3 is 3. The Hall–Kier alpha value is -1.42. The van der Waals surface area contributed by atoms with Crippen molar-refractivity contribution in [1.29, 1.82) is 0 Å². The molecule has 100 valence electrons. The molecule has 18 heavy (non-hydrogen) atoms. The molecule has 1 fully saturated rings. The van der Waals surface area contributed by atoms with Gasteiger partial charge in [-0.05, 0) is 18.4 Å². The van der Waals surface area contributed by atoms with Crippen LogP contribution in [0.1, 0.15) is 30.9 Å². The Morgan fingerprint density at radius 1 is 1.06 bits per heavy atom. The zero-order valence-electron chi connectivity index (χ0n) is 11.2. The van der Waals surface area contributed by atoms with E-state index in [1.165, 1.54) is 12.8 Å². The van der Waals surface area contributed by atoms with E-state index in [-0.39, 0.29) is 6.04 Å². The van der Waals surface area contributed by atoms with Crippen LogP contribution in [-0.2, 0) is 0 Å². The molecule has 2 rings (SSSR count). The normalized spacial score (nSPS) is 16.2. The van der Waals surface area contributed by atoms with E-state index in [0.717, 1.165) is 23.7 Å². The first-order valence-electron chi connectivity index (χ1n) is 6.25. The van der Waals surface area contributed by atoms with Crippen LogP contribution < -0.4 is 19.9 Å². The summed E-state index contributed by atoms with van der Waals surface area (Å²) in [6.07, 6.45) is 3.60. The van der Waals surface area contributed by atoms with E-state index in [1.54, 1.807) is 21.3 Å². The molecule has 0 bridgehead atoms. The van der Waals surface area contributed by atoms with E-state index >= 15 is 0 Å². The van der Waals surface area contributed by atoms with Crippen molar-refractivity contribution < 1.29 is 14.2 Å². The maximum atomic E-state index is 6.25. The first kappa shape index (κ1) is 13.0. The van der Waals surface area contributed by atoms with Gasteiger partial charge < -0.3 is 19.9 Å². The number of ether oxygens (including phenoxy) is 3. The van der Waals surface area contributed by atoms with E-state index in [0.29, 0.717) is 11.5 Å². The van der Waals surface area contributed by atoms with Crippen molar-refractivity contribution in [3.05, 3.63) is 17.7 Å². The molecule has 2 N–H and O–H groups in total. The van der Waals surface area contributed by atoms with Crippen LogP contribution in [0.25, 0.3) is 0 Å². The second-order valence-electron chi connectivity index (χ2n) is 4.73. The lowest BCUT2D eigenvalue weighted by molar-refractivity contribution is 0.346. The van der Waals surface area contributed by atoms with Crippen LogP contribution in [-0.4, -0.2) is 21.3 Å². The molecule has 0 spiro atoms. The molecule has 0 heterocycles. The van der Waals surface area contributed by atoms with Gasteiger partial charge in [0.15, 0.2) is 11.5 Å². The molecule has 1 aromatic carbocycles. The predicted octanol–water partition coefficient (Wildman–Crippen LogP) is 2.51. The van der Waals surface area contributed by atoms with Crippen molar-refractivity contribution >= 4 is 0 Å². The molecule has 0 radical (unpaired) electrons. The molecule has 0 aliphatic heterocycles. The Kier molecular flexibility index (Phi) is 3.97. The van der Waals surface area contributed by atoms with E-state index in [4.69, 9.17) is 19.9 Å². The fourth-order valence-electron chi connectivity index (χ4n) is 2.18. The number of nitrogens with two attached hydrogens (primary N) is 1. The molecule has 4 heteroatoms. The number of hydrogen-bond donors (Lipinski definition) is 1. The van der Waals surface area contributed by atoms with Gasteiger partial charge in [0.1, 0.15) is 5.75 Å². The molecule has 1 atom stereocenters. The molecule has 1 aliphatic rings. The van der Waals surface area contributed by atoms with Crippen LogP contribution in [0, 0.1) is 5.92 Å². The van der Waals surface area contributed by atoms with Crippen LogP contribution in [0.2, 0.25) is 0 Å². The summed E-state index contributed by atoms with van der Waals surface area (Å²) in [6, 6.07) is 3.75. The number of rotatable bonds is 6. The van der Waals surface area contributed by atoms with Crippen molar-refractivity contribution in [3.8, 4) is 17.2 Å². The molecule has 4 nitrogen and oxygen atoms in total. The number of benzene rings is 1. The van der Waals surface area contributed by atoms with Crippen molar-refractivity contribution in [2.75, 3.05) is 21.3 Å². The third-order valence-corrected chi connectivity index (χ3v) is 3.42. The SMILES string of the molecule is COc1cc(OC)c(C(N)CC2CC2)cc1OC. The fraction of sp³-hybridized carbons (Fsp3) is 0.571. The van der Waals surface area contributed by atoms with Gasteiger partial charge in [-0.2, -0.15) is 0 Å². The molecule has 1 unspecified atom stereocenters. The van der Waals surface area contributed by atoms with Gasteiger partial charge in [0.25, 0.3) is 0 Å². The molecule has 0 amide bonds. The Morgan fingerprint density at radius 3 is 2.11 bits per heavy atom. The first-order valence-corrected chi connectivity index (χ1v) is 6.25. The highest BCUT2D eigenvalue weighted by Crippen LogP contribution is 2.42. The summed E-state index contributed by atoms with van der Waals surface area (Å²) >= 11 is 0. The molecule has 1 aliphatic carbocycles. The molecule has 1 aromatic rings. The van der Waals surface area contributed by atoms with Gasteiger partial charge in [-0.1, -0.05) is 12.8 Å². The average molecular weight is 251 g/mol. The van der Waals surface area contributed by atoms with Gasteiger partial charge in [-0.15, -0.1) is 0 Å². The predicted molar refractivity (Wildman–Crippen MR) is 70.4 cm³/mol. The van der Waals surface area contributed by atoms with E-state index in [9.17, 15) is 0 Å². The Labute approximate surface area is 108 Å². The zero-order valence-corrected chi connectivity index (χ0v) is 11.2. The van der Waals surface area contributed by atoms with Gasteiger partial charge in [-0.3, -0.25) is 0 Å². The standard InChI is InChI=1S/C14H21NO3/c1-16-12-8-14(18-3)13(17-2)7-10(12)11(15)6-9-4-5-9/h7-9,11H,4-6,15H2,1-3H3. The van der Waals surface area contributed by atoms with Gasteiger partial charge in [-0.25, -0.2) is 0 Å². The van der Waals surface area contributed by atoms with Crippen LogP contribution in [0.15, 0.2) is 12.1 Å². The van der Waals surface area contributed by atoms with Gasteiger partial charge in [0, 0.05) is 17.7 Å². The lowest BCUT2D eigenvalue weighted by Crippen LogP contribution is -2.12. The molecule has 0 aromatic heterocycles. The maximum Gasteiger partial charge on any atom is 0.164 e.